The molecule has 1 heteroatoms. The Morgan fingerprint density at radius 3 is 2.15 bits per heavy atom. The zero-order valence-corrected chi connectivity index (χ0v) is 15.5. The standard InChI is InChI=1S/C25H26O/c1-16-7-22(25-13-17-9-18(14-25)11-19(10-17)15-25)21-12-23(26-24(21)8-16)20-5-3-2-4-6-20/h2-8,12,17-19H,9-11,13-15H2,1H3. The molecule has 3 aromatic rings. The van der Waals surface area contributed by atoms with Crippen LogP contribution in [0, 0.1) is 24.7 Å². The van der Waals surface area contributed by atoms with Gasteiger partial charge in [0.25, 0.3) is 0 Å². The van der Waals surface area contributed by atoms with E-state index < -0.39 is 0 Å². The Bertz CT molecular complexity index is 943. The molecule has 1 nitrogen and oxygen atoms in total. The third kappa shape index (κ3) is 2.16. The van der Waals surface area contributed by atoms with E-state index in [9.17, 15) is 0 Å². The molecular weight excluding hydrogens is 316 g/mol. The van der Waals surface area contributed by atoms with Gasteiger partial charge in [0, 0.05) is 10.9 Å². The van der Waals surface area contributed by atoms with Gasteiger partial charge in [-0.15, -0.1) is 0 Å². The van der Waals surface area contributed by atoms with Crippen LogP contribution in [0.15, 0.2) is 52.9 Å². The molecule has 0 unspecified atom stereocenters. The molecule has 4 aliphatic carbocycles. The van der Waals surface area contributed by atoms with Crippen molar-refractivity contribution in [3.63, 3.8) is 0 Å². The second-order valence-electron chi connectivity index (χ2n) is 9.40. The molecule has 4 bridgehead atoms. The molecule has 0 saturated heterocycles. The van der Waals surface area contributed by atoms with Gasteiger partial charge in [0.15, 0.2) is 0 Å². The first kappa shape index (κ1) is 15.1. The summed E-state index contributed by atoms with van der Waals surface area (Å²) < 4.78 is 6.34. The van der Waals surface area contributed by atoms with E-state index in [0.717, 1.165) is 29.1 Å². The minimum atomic E-state index is 0.414. The highest BCUT2D eigenvalue weighted by Gasteiger charge is 2.52. The molecule has 1 aromatic heterocycles. The summed E-state index contributed by atoms with van der Waals surface area (Å²) in [7, 11) is 0. The minimum absolute atomic E-state index is 0.414. The smallest absolute Gasteiger partial charge is 0.135 e. The largest absolute Gasteiger partial charge is 0.456 e. The molecule has 0 radical (unpaired) electrons. The number of hydrogen-bond donors (Lipinski definition) is 0. The predicted molar refractivity (Wildman–Crippen MR) is 106 cm³/mol. The van der Waals surface area contributed by atoms with Crippen LogP contribution in [0.2, 0.25) is 0 Å². The van der Waals surface area contributed by atoms with Gasteiger partial charge in [0.05, 0.1) is 0 Å². The van der Waals surface area contributed by atoms with Gasteiger partial charge in [-0.3, -0.25) is 0 Å². The minimum Gasteiger partial charge on any atom is -0.456 e. The van der Waals surface area contributed by atoms with Crippen molar-refractivity contribution >= 4 is 11.0 Å². The molecule has 4 fully saturated rings. The lowest BCUT2D eigenvalue weighted by Crippen LogP contribution is -2.48. The monoisotopic (exact) mass is 342 g/mol. The fraction of sp³-hybridized carbons (Fsp3) is 0.440. The van der Waals surface area contributed by atoms with Crippen LogP contribution >= 0.6 is 0 Å². The maximum atomic E-state index is 6.34. The van der Waals surface area contributed by atoms with Gasteiger partial charge in [-0.05, 0) is 91.9 Å². The molecule has 4 saturated carbocycles. The van der Waals surface area contributed by atoms with Crippen LogP contribution in [-0.4, -0.2) is 0 Å². The van der Waals surface area contributed by atoms with Crippen molar-refractivity contribution in [1.29, 1.82) is 0 Å². The lowest BCUT2D eigenvalue weighted by Gasteiger charge is -2.57. The number of rotatable bonds is 2. The average molecular weight is 342 g/mol. The SMILES string of the molecule is Cc1cc(C23CC4CC(CC(C4)C2)C3)c2cc(-c3ccccc3)oc2c1. The van der Waals surface area contributed by atoms with E-state index in [0.29, 0.717) is 5.41 Å². The van der Waals surface area contributed by atoms with E-state index in [4.69, 9.17) is 4.42 Å². The maximum Gasteiger partial charge on any atom is 0.135 e. The summed E-state index contributed by atoms with van der Waals surface area (Å²) in [6.45, 7) is 2.23. The number of hydrogen-bond acceptors (Lipinski definition) is 1. The molecule has 0 spiro atoms. The van der Waals surface area contributed by atoms with Crippen LogP contribution in [0.4, 0.5) is 0 Å². The third-order valence-corrected chi connectivity index (χ3v) is 7.45. The van der Waals surface area contributed by atoms with Crippen LogP contribution < -0.4 is 0 Å². The highest BCUT2D eigenvalue weighted by atomic mass is 16.3. The third-order valence-electron chi connectivity index (χ3n) is 7.45. The summed E-state index contributed by atoms with van der Waals surface area (Å²) in [5, 5.41) is 1.37. The summed E-state index contributed by atoms with van der Waals surface area (Å²) in [5.41, 5.74) is 5.61. The van der Waals surface area contributed by atoms with Crippen LogP contribution in [0.25, 0.3) is 22.3 Å². The van der Waals surface area contributed by atoms with Crippen molar-refractivity contribution in [2.24, 2.45) is 17.8 Å². The van der Waals surface area contributed by atoms with E-state index in [2.05, 4.69) is 55.5 Å². The van der Waals surface area contributed by atoms with E-state index in [1.54, 1.807) is 5.56 Å². The van der Waals surface area contributed by atoms with Gasteiger partial charge >= 0.3 is 0 Å². The van der Waals surface area contributed by atoms with E-state index >= 15 is 0 Å². The Kier molecular flexibility index (Phi) is 3.05. The molecule has 0 amide bonds. The van der Waals surface area contributed by atoms with Gasteiger partial charge in [0.2, 0.25) is 0 Å². The van der Waals surface area contributed by atoms with Gasteiger partial charge in [-0.25, -0.2) is 0 Å². The van der Waals surface area contributed by atoms with Crippen molar-refractivity contribution in [1.82, 2.24) is 0 Å². The van der Waals surface area contributed by atoms with Gasteiger partial charge in [0.1, 0.15) is 11.3 Å². The molecule has 26 heavy (non-hydrogen) atoms. The Labute approximate surface area is 155 Å². The Balaban J connectivity index is 1.54. The fourth-order valence-electron chi connectivity index (χ4n) is 6.90. The first-order valence-corrected chi connectivity index (χ1v) is 10.3. The second-order valence-corrected chi connectivity index (χ2v) is 9.40. The maximum absolute atomic E-state index is 6.34. The van der Waals surface area contributed by atoms with Crippen LogP contribution in [-0.2, 0) is 5.41 Å². The fourth-order valence-corrected chi connectivity index (χ4v) is 6.90. The first-order valence-electron chi connectivity index (χ1n) is 10.3. The molecular formula is C25H26O. The number of fused-ring (bicyclic) bond motifs is 1. The summed E-state index contributed by atoms with van der Waals surface area (Å²) >= 11 is 0. The van der Waals surface area contributed by atoms with E-state index in [-0.39, 0.29) is 0 Å². The average Bonchev–Trinajstić information content (AvgIpc) is 3.04. The molecule has 0 aliphatic heterocycles. The molecule has 4 aliphatic rings. The highest BCUT2D eigenvalue weighted by molar-refractivity contribution is 5.87. The molecule has 7 rings (SSSR count). The molecule has 0 N–H and O–H groups in total. The van der Waals surface area contributed by atoms with E-state index in [1.807, 2.05) is 0 Å². The molecule has 132 valence electrons. The molecule has 1 heterocycles. The lowest BCUT2D eigenvalue weighted by atomic mass is 9.48. The topological polar surface area (TPSA) is 13.1 Å². The number of benzene rings is 2. The van der Waals surface area contributed by atoms with Crippen molar-refractivity contribution < 1.29 is 4.42 Å². The molecule has 0 atom stereocenters. The zero-order chi connectivity index (χ0) is 17.3. The second kappa shape index (κ2) is 5.25. The zero-order valence-electron chi connectivity index (χ0n) is 15.5. The van der Waals surface area contributed by atoms with Crippen molar-refractivity contribution in [2.45, 2.75) is 50.9 Å². The quantitative estimate of drug-likeness (QED) is 0.495. The van der Waals surface area contributed by atoms with Gasteiger partial charge in [-0.1, -0.05) is 36.4 Å². The first-order chi connectivity index (χ1) is 12.7. The Morgan fingerprint density at radius 2 is 1.50 bits per heavy atom. The summed E-state index contributed by atoms with van der Waals surface area (Å²) in [5.74, 6) is 3.92. The summed E-state index contributed by atoms with van der Waals surface area (Å²) in [6.07, 6.45) is 8.70. The van der Waals surface area contributed by atoms with Crippen LogP contribution in [0.1, 0.15) is 49.7 Å². The Morgan fingerprint density at radius 1 is 0.846 bits per heavy atom. The number of aryl methyl sites for hydroxylation is 1. The van der Waals surface area contributed by atoms with Crippen molar-refractivity contribution in [3.8, 4) is 11.3 Å². The summed E-state index contributed by atoms with van der Waals surface area (Å²) in [6, 6.07) is 17.6. The van der Waals surface area contributed by atoms with Crippen molar-refractivity contribution in [3.05, 3.63) is 59.7 Å². The normalized spacial score (nSPS) is 32.4. The summed E-state index contributed by atoms with van der Waals surface area (Å²) in [4.78, 5) is 0. The lowest BCUT2D eigenvalue weighted by molar-refractivity contribution is -0.00452. The van der Waals surface area contributed by atoms with Gasteiger partial charge < -0.3 is 4.42 Å². The van der Waals surface area contributed by atoms with Crippen LogP contribution in [0.3, 0.4) is 0 Å². The van der Waals surface area contributed by atoms with Gasteiger partial charge in [-0.2, -0.15) is 0 Å². The number of furan rings is 1. The highest BCUT2D eigenvalue weighted by Crippen LogP contribution is 2.61. The van der Waals surface area contributed by atoms with E-state index in [1.165, 1.54) is 55.0 Å². The Hall–Kier alpha value is -2.02. The molecule has 2 aromatic carbocycles. The predicted octanol–water partition coefficient (Wildman–Crippen LogP) is 6.88. The van der Waals surface area contributed by atoms with Crippen molar-refractivity contribution in [2.75, 3.05) is 0 Å². The van der Waals surface area contributed by atoms with Crippen LogP contribution in [0.5, 0.6) is 0 Å².